The number of hydrazine groups is 1. The Bertz CT molecular complexity index is 1100. The van der Waals surface area contributed by atoms with Gasteiger partial charge >= 0.3 is 0 Å². The van der Waals surface area contributed by atoms with Crippen molar-refractivity contribution < 1.29 is 9.59 Å². The molecule has 6 heteroatoms. The Hall–Kier alpha value is -3.54. The first-order valence-electron chi connectivity index (χ1n) is 8.34. The van der Waals surface area contributed by atoms with E-state index in [0.717, 1.165) is 17.7 Å². The highest BCUT2D eigenvalue weighted by atomic mass is 16.3. The fourth-order valence-corrected chi connectivity index (χ4v) is 3.90. The molecule has 2 amide bonds. The molecule has 0 N–H and O–H groups in total. The molecule has 0 aromatic heterocycles. The van der Waals surface area contributed by atoms with E-state index in [0.29, 0.717) is 28.4 Å². The molecular formula is C20H13N3O3. The van der Waals surface area contributed by atoms with E-state index in [1.165, 1.54) is 11.1 Å². The summed E-state index contributed by atoms with van der Waals surface area (Å²) in [6.45, 7) is 0.566. The number of anilines is 1. The minimum atomic E-state index is -0.382. The van der Waals surface area contributed by atoms with E-state index in [-0.39, 0.29) is 17.5 Å². The van der Waals surface area contributed by atoms with Gasteiger partial charge < -0.3 is 0 Å². The summed E-state index contributed by atoms with van der Waals surface area (Å²) in [4.78, 5) is 37.4. The van der Waals surface area contributed by atoms with Gasteiger partial charge in [0.25, 0.3) is 11.8 Å². The lowest BCUT2D eigenvalue weighted by atomic mass is 9.94. The fraction of sp³-hybridized carbons (Fsp3) is 0.100. The van der Waals surface area contributed by atoms with Crippen LogP contribution in [0.2, 0.25) is 0 Å². The van der Waals surface area contributed by atoms with Gasteiger partial charge in [-0.2, -0.15) is 5.01 Å². The maximum atomic E-state index is 13.2. The SMILES string of the molecule is O=Nc1ccc2c3c(cccc13)C(=O)N(N1CCc3ccccc31)C2=O. The summed E-state index contributed by atoms with van der Waals surface area (Å²) in [6.07, 6.45) is 0.776. The Morgan fingerprint density at radius 1 is 0.846 bits per heavy atom. The highest BCUT2D eigenvalue weighted by Crippen LogP contribution is 2.38. The Morgan fingerprint density at radius 3 is 2.42 bits per heavy atom. The molecule has 2 aliphatic heterocycles. The number of amides is 2. The van der Waals surface area contributed by atoms with E-state index in [2.05, 4.69) is 5.18 Å². The van der Waals surface area contributed by atoms with Gasteiger partial charge in [0, 0.05) is 17.3 Å². The third-order valence-electron chi connectivity index (χ3n) is 5.07. The molecule has 2 heterocycles. The van der Waals surface area contributed by atoms with Gasteiger partial charge in [0.1, 0.15) is 5.69 Å². The lowest BCUT2D eigenvalue weighted by molar-refractivity contribution is 0.0594. The molecule has 0 saturated carbocycles. The first kappa shape index (κ1) is 14.8. The minimum absolute atomic E-state index is 0.228. The summed E-state index contributed by atoms with van der Waals surface area (Å²) >= 11 is 0. The number of nitrogens with zero attached hydrogens (tertiary/aromatic N) is 3. The normalized spacial score (nSPS) is 15.5. The lowest BCUT2D eigenvalue weighted by Gasteiger charge is -2.35. The number of fused-ring (bicyclic) bond motifs is 1. The van der Waals surface area contributed by atoms with Crippen LogP contribution in [0.15, 0.2) is 59.8 Å². The summed E-state index contributed by atoms with van der Waals surface area (Å²) < 4.78 is 0. The zero-order valence-corrected chi connectivity index (χ0v) is 13.7. The van der Waals surface area contributed by atoms with Crippen LogP contribution >= 0.6 is 0 Å². The number of rotatable bonds is 2. The number of carbonyl (C=O) groups excluding carboxylic acids is 2. The largest absolute Gasteiger partial charge is 0.280 e. The Labute approximate surface area is 148 Å². The van der Waals surface area contributed by atoms with Crippen molar-refractivity contribution in [2.45, 2.75) is 6.42 Å². The second-order valence-electron chi connectivity index (χ2n) is 6.38. The molecule has 0 saturated heterocycles. The molecule has 6 nitrogen and oxygen atoms in total. The van der Waals surface area contributed by atoms with Gasteiger partial charge in [-0.05, 0) is 41.4 Å². The second kappa shape index (κ2) is 5.23. The van der Waals surface area contributed by atoms with Crippen molar-refractivity contribution in [3.63, 3.8) is 0 Å². The molecule has 26 heavy (non-hydrogen) atoms. The molecule has 3 aromatic rings. The molecule has 0 fully saturated rings. The van der Waals surface area contributed by atoms with Crippen molar-refractivity contribution in [3.8, 4) is 0 Å². The van der Waals surface area contributed by atoms with E-state index < -0.39 is 0 Å². The Balaban J connectivity index is 1.72. The second-order valence-corrected chi connectivity index (χ2v) is 6.38. The van der Waals surface area contributed by atoms with Gasteiger partial charge in [0.15, 0.2) is 0 Å². The van der Waals surface area contributed by atoms with Gasteiger partial charge in [-0.25, -0.2) is 0 Å². The third kappa shape index (κ3) is 1.81. The van der Waals surface area contributed by atoms with Crippen molar-refractivity contribution in [2.75, 3.05) is 11.6 Å². The number of hydrogen-bond donors (Lipinski definition) is 0. The van der Waals surface area contributed by atoms with Crippen LogP contribution in [0.3, 0.4) is 0 Å². The quantitative estimate of drug-likeness (QED) is 0.524. The molecule has 0 unspecified atom stereocenters. The number of para-hydroxylation sites is 1. The zero-order valence-electron chi connectivity index (χ0n) is 13.7. The van der Waals surface area contributed by atoms with Crippen LogP contribution in [-0.4, -0.2) is 23.4 Å². The maximum Gasteiger partial charge on any atom is 0.280 e. The van der Waals surface area contributed by atoms with Crippen LogP contribution < -0.4 is 5.01 Å². The standard InChI is InChI=1S/C20H13N3O3/c24-19-14-6-3-5-13-16(21-26)9-8-15(18(13)14)20(25)23(19)22-11-10-12-4-1-2-7-17(12)22/h1-9H,10-11H2. The van der Waals surface area contributed by atoms with Gasteiger partial charge in [-0.1, -0.05) is 30.3 Å². The molecule has 0 radical (unpaired) electrons. The van der Waals surface area contributed by atoms with Crippen LogP contribution in [-0.2, 0) is 6.42 Å². The van der Waals surface area contributed by atoms with E-state index in [1.807, 2.05) is 24.3 Å². The number of carbonyl (C=O) groups is 2. The highest BCUT2D eigenvalue weighted by Gasteiger charge is 2.39. The van der Waals surface area contributed by atoms with Crippen molar-refractivity contribution in [2.24, 2.45) is 5.18 Å². The zero-order chi connectivity index (χ0) is 17.8. The lowest BCUT2D eigenvalue weighted by Crippen LogP contribution is -2.51. The van der Waals surface area contributed by atoms with Crippen LogP contribution in [0.5, 0.6) is 0 Å². The fourth-order valence-electron chi connectivity index (χ4n) is 3.90. The van der Waals surface area contributed by atoms with Crippen LogP contribution in [0.4, 0.5) is 11.4 Å². The van der Waals surface area contributed by atoms with Crippen molar-refractivity contribution in [3.05, 3.63) is 76.2 Å². The Morgan fingerprint density at radius 2 is 1.62 bits per heavy atom. The smallest absolute Gasteiger partial charge is 0.275 e. The van der Waals surface area contributed by atoms with E-state index in [9.17, 15) is 14.5 Å². The maximum absolute atomic E-state index is 13.2. The monoisotopic (exact) mass is 343 g/mol. The molecule has 126 valence electrons. The van der Waals surface area contributed by atoms with Gasteiger partial charge in [0.05, 0.1) is 16.8 Å². The summed E-state index contributed by atoms with van der Waals surface area (Å²) in [5.74, 6) is -0.763. The summed E-state index contributed by atoms with van der Waals surface area (Å²) in [7, 11) is 0. The molecule has 0 spiro atoms. The Kier molecular flexibility index (Phi) is 2.97. The molecule has 5 rings (SSSR count). The van der Waals surface area contributed by atoms with Crippen LogP contribution in [0.25, 0.3) is 10.8 Å². The van der Waals surface area contributed by atoms with E-state index in [4.69, 9.17) is 0 Å². The average Bonchev–Trinajstić information content (AvgIpc) is 3.10. The van der Waals surface area contributed by atoms with Crippen LogP contribution in [0.1, 0.15) is 26.3 Å². The van der Waals surface area contributed by atoms with Crippen molar-refractivity contribution >= 4 is 34.0 Å². The minimum Gasteiger partial charge on any atom is -0.275 e. The topological polar surface area (TPSA) is 70.1 Å². The summed E-state index contributed by atoms with van der Waals surface area (Å²) in [5.41, 5.74) is 3.03. The number of imide groups is 1. The number of hydrogen-bond acceptors (Lipinski definition) is 5. The summed E-state index contributed by atoms with van der Waals surface area (Å²) in [6, 6.07) is 16.0. The highest BCUT2D eigenvalue weighted by molar-refractivity contribution is 6.27. The van der Waals surface area contributed by atoms with Crippen molar-refractivity contribution in [1.29, 1.82) is 0 Å². The number of benzene rings is 3. The molecule has 2 aliphatic rings. The average molecular weight is 343 g/mol. The third-order valence-corrected chi connectivity index (χ3v) is 5.07. The van der Waals surface area contributed by atoms with E-state index >= 15 is 0 Å². The molecule has 3 aromatic carbocycles. The van der Waals surface area contributed by atoms with Gasteiger partial charge in [-0.3, -0.25) is 14.6 Å². The predicted molar refractivity (Wildman–Crippen MR) is 97.4 cm³/mol. The van der Waals surface area contributed by atoms with E-state index in [1.54, 1.807) is 29.3 Å². The first-order valence-corrected chi connectivity index (χ1v) is 8.34. The first-order chi connectivity index (χ1) is 12.7. The van der Waals surface area contributed by atoms with Gasteiger partial charge in [0.2, 0.25) is 0 Å². The molecule has 0 atom stereocenters. The predicted octanol–water partition coefficient (Wildman–Crippen LogP) is 3.81. The molecular weight excluding hydrogens is 330 g/mol. The number of nitroso groups, excluding NO2 is 1. The summed E-state index contributed by atoms with van der Waals surface area (Å²) in [5, 5.41) is 7.01. The molecule has 0 aliphatic carbocycles. The van der Waals surface area contributed by atoms with Gasteiger partial charge in [-0.15, -0.1) is 4.91 Å². The van der Waals surface area contributed by atoms with Crippen molar-refractivity contribution in [1.82, 2.24) is 5.01 Å². The molecule has 0 bridgehead atoms. The van der Waals surface area contributed by atoms with Crippen LogP contribution in [0, 0.1) is 4.91 Å².